The number of benzene rings is 1. The lowest BCUT2D eigenvalue weighted by Crippen LogP contribution is -2.29. The summed E-state index contributed by atoms with van der Waals surface area (Å²) in [7, 11) is 0. The molecule has 1 aromatic rings. The largest absolute Gasteiger partial charge is 0.492 e. The molecule has 1 aliphatic heterocycles. The van der Waals surface area contributed by atoms with Crippen molar-refractivity contribution in [2.24, 2.45) is 0 Å². The van der Waals surface area contributed by atoms with Crippen molar-refractivity contribution < 1.29 is 13.9 Å². The van der Waals surface area contributed by atoms with Gasteiger partial charge in [0.05, 0.1) is 6.10 Å². The predicted octanol–water partition coefficient (Wildman–Crippen LogP) is 2.74. The Bertz CT molecular complexity index is 363. The lowest BCUT2D eigenvalue weighted by molar-refractivity contribution is 0.109. The van der Waals surface area contributed by atoms with E-state index in [4.69, 9.17) is 9.47 Å². The first-order chi connectivity index (χ1) is 8.74. The third kappa shape index (κ3) is 4.55. The smallest absolute Gasteiger partial charge is 0.128 e. The summed E-state index contributed by atoms with van der Waals surface area (Å²) in [6, 6.07) is 4.54. The van der Waals surface area contributed by atoms with Crippen LogP contribution in [-0.2, 0) is 4.74 Å². The lowest BCUT2D eigenvalue weighted by atomic mass is 10.2. The maximum atomic E-state index is 13.1. The van der Waals surface area contributed by atoms with Crippen molar-refractivity contribution in [1.29, 1.82) is 0 Å². The highest BCUT2D eigenvalue weighted by Gasteiger charge is 2.14. The molecule has 1 atom stereocenters. The molecule has 1 fully saturated rings. The highest BCUT2D eigenvalue weighted by Crippen LogP contribution is 2.20. The summed E-state index contributed by atoms with van der Waals surface area (Å²) in [5.41, 5.74) is 0. The molecule has 1 heterocycles. The summed E-state index contributed by atoms with van der Waals surface area (Å²) >= 11 is 3.23. The molecule has 18 heavy (non-hydrogen) atoms. The molecule has 1 aromatic carbocycles. The van der Waals surface area contributed by atoms with Crippen molar-refractivity contribution in [1.82, 2.24) is 5.32 Å². The molecule has 5 heteroatoms. The minimum atomic E-state index is -0.299. The Balaban J connectivity index is 1.62. The highest BCUT2D eigenvalue weighted by atomic mass is 79.9. The molecule has 0 saturated carbocycles. The van der Waals surface area contributed by atoms with Crippen LogP contribution in [0.4, 0.5) is 4.39 Å². The summed E-state index contributed by atoms with van der Waals surface area (Å²) in [4.78, 5) is 0. The van der Waals surface area contributed by atoms with E-state index in [2.05, 4.69) is 21.2 Å². The van der Waals surface area contributed by atoms with Crippen LogP contribution >= 0.6 is 15.9 Å². The number of rotatable bonds is 6. The van der Waals surface area contributed by atoms with Gasteiger partial charge in [-0.05, 0) is 25.0 Å². The number of hydrogen-bond donors (Lipinski definition) is 1. The number of ether oxygens (including phenoxy) is 2. The summed E-state index contributed by atoms with van der Waals surface area (Å²) in [5.74, 6) is 0.243. The molecule has 0 spiro atoms. The van der Waals surface area contributed by atoms with E-state index >= 15 is 0 Å². The van der Waals surface area contributed by atoms with Gasteiger partial charge >= 0.3 is 0 Å². The monoisotopic (exact) mass is 317 g/mol. The molecule has 1 saturated heterocycles. The van der Waals surface area contributed by atoms with Gasteiger partial charge in [-0.3, -0.25) is 0 Å². The normalized spacial score (nSPS) is 19.1. The van der Waals surface area contributed by atoms with Crippen LogP contribution in [0.25, 0.3) is 0 Å². The first-order valence-corrected chi connectivity index (χ1v) is 6.94. The van der Waals surface area contributed by atoms with Crippen LogP contribution in [0.5, 0.6) is 5.75 Å². The van der Waals surface area contributed by atoms with Crippen LogP contribution in [0.2, 0.25) is 0 Å². The second kappa shape index (κ2) is 7.07. The standard InChI is InChI=1S/C13H17BrFNO2/c14-10-6-11(15)8-13(7-10)18-5-3-16-9-12-2-1-4-17-12/h6-8,12,16H,1-5,9H2. The first-order valence-electron chi connectivity index (χ1n) is 6.15. The van der Waals surface area contributed by atoms with Crippen LogP contribution in [0.15, 0.2) is 22.7 Å². The van der Waals surface area contributed by atoms with E-state index in [1.807, 2.05) is 0 Å². The van der Waals surface area contributed by atoms with Gasteiger partial charge in [-0.25, -0.2) is 4.39 Å². The van der Waals surface area contributed by atoms with Crippen LogP contribution in [0.1, 0.15) is 12.8 Å². The maximum Gasteiger partial charge on any atom is 0.128 e. The predicted molar refractivity (Wildman–Crippen MR) is 71.4 cm³/mol. The molecule has 2 rings (SSSR count). The van der Waals surface area contributed by atoms with Crippen molar-refractivity contribution in [2.45, 2.75) is 18.9 Å². The molecule has 0 radical (unpaired) electrons. The number of halogens is 2. The number of nitrogens with one attached hydrogen (secondary N) is 1. The quantitative estimate of drug-likeness (QED) is 0.818. The van der Waals surface area contributed by atoms with Crippen molar-refractivity contribution in [3.8, 4) is 5.75 Å². The van der Waals surface area contributed by atoms with Gasteiger partial charge in [-0.15, -0.1) is 0 Å². The maximum absolute atomic E-state index is 13.1. The third-order valence-corrected chi connectivity index (χ3v) is 3.24. The summed E-state index contributed by atoms with van der Waals surface area (Å²) in [6.45, 7) is 2.98. The second-order valence-electron chi connectivity index (χ2n) is 4.29. The van der Waals surface area contributed by atoms with Gasteiger partial charge in [-0.2, -0.15) is 0 Å². The van der Waals surface area contributed by atoms with Gasteiger partial charge in [-0.1, -0.05) is 15.9 Å². The fraction of sp³-hybridized carbons (Fsp3) is 0.538. The second-order valence-corrected chi connectivity index (χ2v) is 5.21. The van der Waals surface area contributed by atoms with Gasteiger partial charge in [0.1, 0.15) is 18.2 Å². The first kappa shape index (κ1) is 13.8. The van der Waals surface area contributed by atoms with E-state index in [0.29, 0.717) is 22.9 Å². The molecule has 1 unspecified atom stereocenters. The van der Waals surface area contributed by atoms with Crippen LogP contribution in [0, 0.1) is 5.82 Å². The molecule has 100 valence electrons. The Kier molecular flexibility index (Phi) is 5.41. The zero-order valence-electron chi connectivity index (χ0n) is 10.1. The van der Waals surface area contributed by atoms with Gasteiger partial charge in [0.25, 0.3) is 0 Å². The zero-order valence-corrected chi connectivity index (χ0v) is 11.7. The van der Waals surface area contributed by atoms with Crippen molar-refractivity contribution in [3.05, 3.63) is 28.5 Å². The summed E-state index contributed by atoms with van der Waals surface area (Å²) in [5, 5.41) is 3.27. The van der Waals surface area contributed by atoms with E-state index in [9.17, 15) is 4.39 Å². The molecule has 0 aromatic heterocycles. The van der Waals surface area contributed by atoms with Gasteiger partial charge in [0.2, 0.25) is 0 Å². The molecule has 1 aliphatic rings. The average Bonchev–Trinajstić information content (AvgIpc) is 2.80. The van der Waals surface area contributed by atoms with Crippen LogP contribution in [0.3, 0.4) is 0 Å². The Hall–Kier alpha value is -0.650. The van der Waals surface area contributed by atoms with E-state index < -0.39 is 0 Å². The van der Waals surface area contributed by atoms with E-state index in [0.717, 1.165) is 32.5 Å². The summed E-state index contributed by atoms with van der Waals surface area (Å²) in [6.07, 6.45) is 2.62. The Morgan fingerprint density at radius 2 is 2.33 bits per heavy atom. The van der Waals surface area contributed by atoms with Crippen molar-refractivity contribution >= 4 is 15.9 Å². The third-order valence-electron chi connectivity index (χ3n) is 2.78. The topological polar surface area (TPSA) is 30.5 Å². The van der Waals surface area contributed by atoms with E-state index in [-0.39, 0.29) is 5.82 Å². The van der Waals surface area contributed by atoms with E-state index in [1.165, 1.54) is 12.1 Å². The molecular formula is C13H17BrFNO2. The molecule has 3 nitrogen and oxygen atoms in total. The zero-order chi connectivity index (χ0) is 12.8. The van der Waals surface area contributed by atoms with Crippen molar-refractivity contribution in [3.63, 3.8) is 0 Å². The van der Waals surface area contributed by atoms with Gasteiger partial charge in [0, 0.05) is 30.2 Å². The van der Waals surface area contributed by atoms with Crippen molar-refractivity contribution in [2.75, 3.05) is 26.3 Å². The summed E-state index contributed by atoms with van der Waals surface area (Å²) < 4.78 is 24.7. The van der Waals surface area contributed by atoms with Gasteiger partial charge < -0.3 is 14.8 Å². The molecule has 1 N–H and O–H groups in total. The molecular weight excluding hydrogens is 301 g/mol. The van der Waals surface area contributed by atoms with E-state index in [1.54, 1.807) is 6.07 Å². The minimum absolute atomic E-state index is 0.299. The molecule has 0 amide bonds. The fourth-order valence-electron chi connectivity index (χ4n) is 1.92. The van der Waals surface area contributed by atoms with Crippen LogP contribution in [-0.4, -0.2) is 32.4 Å². The molecule has 0 bridgehead atoms. The van der Waals surface area contributed by atoms with Crippen LogP contribution < -0.4 is 10.1 Å². The SMILES string of the molecule is Fc1cc(Br)cc(OCCNCC2CCCO2)c1. The fourth-order valence-corrected chi connectivity index (χ4v) is 2.37. The lowest BCUT2D eigenvalue weighted by Gasteiger charge is -2.11. The molecule has 0 aliphatic carbocycles. The Morgan fingerprint density at radius 3 is 3.06 bits per heavy atom. The number of hydrogen-bond acceptors (Lipinski definition) is 3. The minimum Gasteiger partial charge on any atom is -0.492 e. The highest BCUT2D eigenvalue weighted by molar-refractivity contribution is 9.10. The average molecular weight is 318 g/mol. The van der Waals surface area contributed by atoms with Gasteiger partial charge in [0.15, 0.2) is 0 Å². The Morgan fingerprint density at radius 1 is 1.44 bits per heavy atom. The Labute approximate surface area is 115 Å².